The molecule has 36 heavy (non-hydrogen) atoms. The zero-order valence-corrected chi connectivity index (χ0v) is 25.8. The molecule has 6 heteroatoms. The third-order valence-corrected chi connectivity index (χ3v) is 13.0. The van der Waals surface area contributed by atoms with Gasteiger partial charge in [0.15, 0.2) is 8.24 Å². The van der Waals surface area contributed by atoms with Crippen molar-refractivity contribution in [2.45, 2.75) is 57.2 Å². The minimum absolute atomic E-state index is 0. The summed E-state index contributed by atoms with van der Waals surface area (Å²) in [5.41, 5.74) is 5.64. The van der Waals surface area contributed by atoms with Gasteiger partial charge in [0, 0.05) is 11.4 Å². The van der Waals surface area contributed by atoms with Crippen molar-refractivity contribution in [2.24, 2.45) is 23.7 Å². The van der Waals surface area contributed by atoms with E-state index in [0.717, 1.165) is 34.7 Å². The van der Waals surface area contributed by atoms with E-state index in [0.29, 0.717) is 5.92 Å². The number of allylic oxidation sites excluding steroid dienone is 4. The molecule has 0 radical (unpaired) electrons. The number of hydrogen-bond acceptors (Lipinski definition) is 1. The van der Waals surface area contributed by atoms with Gasteiger partial charge in [0.1, 0.15) is 0 Å². The zero-order chi connectivity index (χ0) is 24.4. The molecule has 0 spiro atoms. The van der Waals surface area contributed by atoms with Crippen molar-refractivity contribution in [1.29, 1.82) is 0 Å². The van der Waals surface area contributed by atoms with Crippen LogP contribution in [0.1, 0.15) is 38.5 Å². The molecule has 192 valence electrons. The predicted molar refractivity (Wildman–Crippen MR) is 157 cm³/mol. The fourth-order valence-corrected chi connectivity index (χ4v) is 11.5. The number of para-hydroxylation sites is 4. The van der Waals surface area contributed by atoms with Gasteiger partial charge in [0.2, 0.25) is 0 Å². The summed E-state index contributed by atoms with van der Waals surface area (Å²) >= 11 is -0.556. The molecule has 0 aromatic heterocycles. The number of anilines is 2. The number of fused-ring (bicyclic) bond motifs is 3. The van der Waals surface area contributed by atoms with Crippen molar-refractivity contribution in [3.8, 4) is 0 Å². The third-order valence-electron chi connectivity index (χ3n) is 8.93. The molecule has 6 rings (SSSR count). The van der Waals surface area contributed by atoms with Crippen LogP contribution in [0.2, 0.25) is 18.6 Å². The summed E-state index contributed by atoms with van der Waals surface area (Å²) in [6, 6.07) is 17.6. The first-order chi connectivity index (χ1) is 17.1. The second-order valence-electron chi connectivity index (χ2n) is 11.0. The molecule has 2 saturated carbocycles. The Bertz CT molecular complexity index is 1040. The van der Waals surface area contributed by atoms with E-state index in [9.17, 15) is 0 Å². The first-order valence-electron chi connectivity index (χ1n) is 13.1. The molecule has 2 aromatic carbocycles. The second-order valence-corrected chi connectivity index (χ2v) is 18.1. The Balaban J connectivity index is 0.000000726. The quantitative estimate of drug-likeness (QED) is 0.264. The van der Waals surface area contributed by atoms with Gasteiger partial charge < -0.3 is 17.3 Å². The van der Waals surface area contributed by atoms with Gasteiger partial charge in [0.05, 0.1) is 0 Å². The molecule has 0 bridgehead atoms. The van der Waals surface area contributed by atoms with Crippen LogP contribution >= 0.6 is 18.6 Å². The summed E-state index contributed by atoms with van der Waals surface area (Å²) in [5.74, 6) is 3.21. The van der Waals surface area contributed by atoms with Crippen molar-refractivity contribution in [3.63, 3.8) is 0 Å². The van der Waals surface area contributed by atoms with Crippen LogP contribution in [0.4, 0.5) is 22.7 Å². The first kappa shape index (κ1) is 28.0. The van der Waals surface area contributed by atoms with Crippen molar-refractivity contribution < 1.29 is 17.0 Å². The van der Waals surface area contributed by atoms with Crippen LogP contribution in [0.15, 0.2) is 72.8 Å². The van der Waals surface area contributed by atoms with Gasteiger partial charge in [-0.25, -0.2) is 0 Å². The van der Waals surface area contributed by atoms with Gasteiger partial charge in [0.25, 0.3) is 0 Å². The molecule has 2 nitrogen and oxygen atoms in total. The normalized spacial score (nSPS) is 26.4. The molecule has 1 unspecified atom stereocenters. The minimum atomic E-state index is -1.90. The first-order valence-corrected chi connectivity index (χ1v) is 20.4. The zero-order valence-electron chi connectivity index (χ0n) is 21.7. The van der Waals surface area contributed by atoms with Crippen molar-refractivity contribution in [3.05, 3.63) is 85.6 Å². The van der Waals surface area contributed by atoms with E-state index < -0.39 is 25.3 Å². The molecule has 2 fully saturated rings. The standard InChI is InChI=1S/C29H35N2Si.CH3.2ClH.Ti/c1-32(2,31-27-18-10-8-16-25(27)30-26-17-9-11-19-28(26)31)29-20-24(21-12-4-3-5-13-21)22-14-6-7-15-23(22)29;;;;/h6-11,14-19,21-24,29H,3-5,12-13,20H2,1-2H3;1H3;2*1H;/q2*-1;;;+2/p-2/t22-,23+,24-,29?;;;;/m1..../s1. The predicted octanol–water partition coefficient (Wildman–Crippen LogP) is 10.8. The number of halogens is 2. The fourth-order valence-electron chi connectivity index (χ4n) is 7.45. The van der Waals surface area contributed by atoms with Crippen LogP contribution < -0.4 is 4.57 Å². The van der Waals surface area contributed by atoms with Gasteiger partial charge in [-0.05, 0) is 47.8 Å². The summed E-state index contributed by atoms with van der Waals surface area (Å²) < 4.78 is 2.77. The average molecular weight is 574 g/mol. The Morgan fingerprint density at radius 3 is 1.94 bits per heavy atom. The third kappa shape index (κ3) is 5.29. The molecule has 0 N–H and O–H groups in total. The van der Waals surface area contributed by atoms with Crippen molar-refractivity contribution >= 4 is 49.6 Å². The number of hydrogen-bond donors (Lipinski definition) is 0. The molecule has 2 aromatic rings. The van der Waals surface area contributed by atoms with Crippen LogP contribution in [-0.2, 0) is 17.0 Å². The van der Waals surface area contributed by atoms with E-state index in [2.05, 4.69) is 90.5 Å². The fraction of sp³-hybridized carbons (Fsp3) is 0.433. The maximum absolute atomic E-state index is 5.02. The molecule has 4 aliphatic rings. The van der Waals surface area contributed by atoms with Crippen LogP contribution in [0.5, 0.6) is 0 Å². The summed E-state index contributed by atoms with van der Waals surface area (Å²) in [6.07, 6.45) is 18.4. The van der Waals surface area contributed by atoms with E-state index in [1.807, 2.05) is 0 Å². The molecule has 3 aliphatic carbocycles. The molecular formula is C30H38Cl2N2SiTi-2. The Hall–Kier alpha value is -0.969. The van der Waals surface area contributed by atoms with E-state index in [4.69, 9.17) is 23.9 Å². The summed E-state index contributed by atoms with van der Waals surface area (Å²) in [5, 5.41) is 5.02. The molecule has 1 heterocycles. The SMILES string of the molecule is C[Si](C)(C1C[C@H](C2CCCCC2)[C@@H]2C=CC=C[C@H]12)N1c2ccccc2[N-]c2ccccc21.[CH3-].[Cl][Ti][Cl]. The molecule has 4 atom stereocenters. The Kier molecular flexibility index (Phi) is 9.55. The topological polar surface area (TPSA) is 17.3 Å². The number of benzene rings is 2. The van der Waals surface area contributed by atoms with Gasteiger partial charge in [-0.15, -0.1) is 11.4 Å². The van der Waals surface area contributed by atoms with Crippen molar-refractivity contribution in [1.82, 2.24) is 0 Å². The summed E-state index contributed by atoms with van der Waals surface area (Å²) in [7, 11) is 7.88. The molecule has 0 amide bonds. The Morgan fingerprint density at radius 2 is 1.36 bits per heavy atom. The van der Waals surface area contributed by atoms with Gasteiger partial charge in [-0.3, -0.25) is 0 Å². The molecule has 1 aliphatic heterocycles. The Morgan fingerprint density at radius 1 is 0.833 bits per heavy atom. The summed E-state index contributed by atoms with van der Waals surface area (Å²) in [4.78, 5) is 0. The van der Waals surface area contributed by atoms with E-state index >= 15 is 0 Å². The number of rotatable bonds is 3. The molecular weight excluding hydrogens is 535 g/mol. The average Bonchev–Trinajstić information content (AvgIpc) is 3.29. The van der Waals surface area contributed by atoms with Crippen LogP contribution in [-0.4, -0.2) is 8.24 Å². The maximum atomic E-state index is 5.02. The van der Waals surface area contributed by atoms with E-state index in [-0.39, 0.29) is 7.43 Å². The monoisotopic (exact) mass is 572 g/mol. The van der Waals surface area contributed by atoms with E-state index in [1.165, 1.54) is 49.9 Å². The molecule has 0 saturated heterocycles. The van der Waals surface area contributed by atoms with Gasteiger partial charge >= 0.3 is 35.6 Å². The van der Waals surface area contributed by atoms with Gasteiger partial charge in [-0.2, -0.15) is 0 Å². The van der Waals surface area contributed by atoms with E-state index in [1.54, 1.807) is 0 Å². The van der Waals surface area contributed by atoms with Crippen LogP contribution in [0.25, 0.3) is 5.32 Å². The van der Waals surface area contributed by atoms with Crippen molar-refractivity contribution in [2.75, 3.05) is 4.57 Å². The van der Waals surface area contributed by atoms with Gasteiger partial charge in [-0.1, -0.05) is 106 Å². The summed E-state index contributed by atoms with van der Waals surface area (Å²) in [6.45, 7) is 5.26. The number of nitrogens with zero attached hydrogens (tertiary/aromatic N) is 2. The second kappa shape index (κ2) is 12.3. The van der Waals surface area contributed by atoms with Crippen LogP contribution in [0, 0.1) is 31.1 Å². The Labute approximate surface area is 236 Å². The van der Waals surface area contributed by atoms with Crippen LogP contribution in [0.3, 0.4) is 0 Å².